The van der Waals surface area contributed by atoms with Crippen LogP contribution in [0.1, 0.15) is 18.4 Å². The highest BCUT2D eigenvalue weighted by atomic mass is 16.7. The van der Waals surface area contributed by atoms with Crippen molar-refractivity contribution in [3.8, 4) is 23.3 Å². The molecule has 1 amide bonds. The van der Waals surface area contributed by atoms with Crippen LogP contribution in [0.2, 0.25) is 0 Å². The van der Waals surface area contributed by atoms with E-state index in [1.54, 1.807) is 6.08 Å². The van der Waals surface area contributed by atoms with Gasteiger partial charge in [-0.25, -0.2) is 0 Å². The molecular weight excluding hydrogens is 292 g/mol. The van der Waals surface area contributed by atoms with E-state index in [1.165, 1.54) is 18.9 Å². The van der Waals surface area contributed by atoms with Crippen molar-refractivity contribution in [3.63, 3.8) is 0 Å². The highest BCUT2D eigenvalue weighted by Gasteiger charge is 2.12. The minimum atomic E-state index is -0.155. The molecule has 23 heavy (non-hydrogen) atoms. The van der Waals surface area contributed by atoms with Crippen LogP contribution in [-0.2, 0) is 4.79 Å². The summed E-state index contributed by atoms with van der Waals surface area (Å²) in [7, 11) is 0. The molecule has 2 aliphatic rings. The van der Waals surface area contributed by atoms with Gasteiger partial charge in [0, 0.05) is 6.08 Å². The van der Waals surface area contributed by atoms with Crippen LogP contribution in [0, 0.1) is 11.8 Å². The molecule has 3 rings (SSSR count). The van der Waals surface area contributed by atoms with Gasteiger partial charge in [0.25, 0.3) is 0 Å². The lowest BCUT2D eigenvalue weighted by Crippen LogP contribution is -2.22. The van der Waals surface area contributed by atoms with E-state index >= 15 is 0 Å². The normalized spacial score (nSPS) is 16.3. The average Bonchev–Trinajstić information content (AvgIpc) is 3.23. The molecule has 120 valence electrons. The number of benzene rings is 1. The molecule has 2 aliphatic heterocycles. The monoisotopic (exact) mass is 312 g/mol. The maximum absolute atomic E-state index is 11.7. The van der Waals surface area contributed by atoms with Crippen LogP contribution in [-0.4, -0.2) is 43.8 Å². The van der Waals surface area contributed by atoms with Gasteiger partial charge in [-0.2, -0.15) is 0 Å². The molecule has 1 N–H and O–H groups in total. The van der Waals surface area contributed by atoms with Crippen molar-refractivity contribution in [1.29, 1.82) is 0 Å². The smallest absolute Gasteiger partial charge is 0.244 e. The standard InChI is InChI=1S/C18H20N2O3/c21-18(19-9-1-2-10-20-11-3-4-12-20)8-6-15-5-7-16-17(13-15)23-14-22-16/h5-8,13H,3-4,9-12,14H2,(H,19,21)/b8-6+. The third-order valence-corrected chi connectivity index (χ3v) is 3.80. The Hall–Kier alpha value is -2.45. The van der Waals surface area contributed by atoms with Gasteiger partial charge in [-0.05, 0) is 49.7 Å². The van der Waals surface area contributed by atoms with Gasteiger partial charge in [0.1, 0.15) is 0 Å². The van der Waals surface area contributed by atoms with E-state index in [0.717, 1.165) is 30.9 Å². The van der Waals surface area contributed by atoms with Crippen molar-refractivity contribution in [1.82, 2.24) is 10.2 Å². The molecule has 1 fully saturated rings. The van der Waals surface area contributed by atoms with Gasteiger partial charge >= 0.3 is 0 Å². The zero-order chi connectivity index (χ0) is 15.9. The van der Waals surface area contributed by atoms with E-state index in [0.29, 0.717) is 12.3 Å². The fourth-order valence-corrected chi connectivity index (χ4v) is 2.55. The molecule has 1 aromatic carbocycles. The number of amides is 1. The third-order valence-electron chi connectivity index (χ3n) is 3.80. The summed E-state index contributed by atoms with van der Waals surface area (Å²) in [6.07, 6.45) is 5.78. The molecule has 0 bridgehead atoms. The summed E-state index contributed by atoms with van der Waals surface area (Å²) in [5.74, 6) is 7.36. The first-order chi connectivity index (χ1) is 11.3. The molecule has 5 nitrogen and oxygen atoms in total. The minimum absolute atomic E-state index is 0.155. The van der Waals surface area contributed by atoms with Crippen molar-refractivity contribution in [2.75, 3.05) is 33.0 Å². The molecular formula is C18H20N2O3. The topological polar surface area (TPSA) is 50.8 Å². The van der Waals surface area contributed by atoms with Gasteiger partial charge in [-0.3, -0.25) is 9.69 Å². The summed E-state index contributed by atoms with van der Waals surface area (Å²) < 4.78 is 10.5. The van der Waals surface area contributed by atoms with Gasteiger partial charge in [-0.1, -0.05) is 17.9 Å². The highest BCUT2D eigenvalue weighted by Crippen LogP contribution is 2.32. The lowest BCUT2D eigenvalue weighted by atomic mass is 10.2. The molecule has 1 aromatic rings. The summed E-state index contributed by atoms with van der Waals surface area (Å²) in [4.78, 5) is 14.1. The van der Waals surface area contributed by atoms with Gasteiger partial charge in [0.05, 0.1) is 13.1 Å². The molecule has 5 heteroatoms. The van der Waals surface area contributed by atoms with Gasteiger partial charge in [-0.15, -0.1) is 0 Å². The Morgan fingerprint density at radius 3 is 2.91 bits per heavy atom. The number of hydrogen-bond acceptors (Lipinski definition) is 4. The van der Waals surface area contributed by atoms with Gasteiger partial charge < -0.3 is 14.8 Å². The van der Waals surface area contributed by atoms with Crippen LogP contribution < -0.4 is 14.8 Å². The van der Waals surface area contributed by atoms with Gasteiger partial charge in [0.15, 0.2) is 11.5 Å². The van der Waals surface area contributed by atoms with Crippen molar-refractivity contribution in [2.24, 2.45) is 0 Å². The maximum atomic E-state index is 11.7. The van der Waals surface area contributed by atoms with Crippen LogP contribution in [0.15, 0.2) is 24.3 Å². The largest absolute Gasteiger partial charge is 0.454 e. The second-order valence-corrected chi connectivity index (χ2v) is 5.50. The van der Waals surface area contributed by atoms with Crippen LogP contribution in [0.4, 0.5) is 0 Å². The fourth-order valence-electron chi connectivity index (χ4n) is 2.55. The second-order valence-electron chi connectivity index (χ2n) is 5.50. The zero-order valence-corrected chi connectivity index (χ0v) is 13.0. The first kappa shape index (κ1) is 15.4. The van der Waals surface area contributed by atoms with Crippen molar-refractivity contribution in [2.45, 2.75) is 12.8 Å². The molecule has 1 saturated heterocycles. The van der Waals surface area contributed by atoms with Crippen LogP contribution >= 0.6 is 0 Å². The maximum Gasteiger partial charge on any atom is 0.244 e. The van der Waals surface area contributed by atoms with E-state index in [1.807, 2.05) is 18.2 Å². The summed E-state index contributed by atoms with van der Waals surface area (Å²) in [6, 6.07) is 5.57. The van der Waals surface area contributed by atoms with E-state index < -0.39 is 0 Å². The van der Waals surface area contributed by atoms with E-state index in [2.05, 4.69) is 22.1 Å². The van der Waals surface area contributed by atoms with E-state index in [-0.39, 0.29) is 12.7 Å². The molecule has 2 heterocycles. The van der Waals surface area contributed by atoms with Crippen molar-refractivity contribution < 1.29 is 14.3 Å². The van der Waals surface area contributed by atoms with Crippen LogP contribution in [0.25, 0.3) is 6.08 Å². The molecule has 0 aromatic heterocycles. The third kappa shape index (κ3) is 4.51. The number of hydrogen-bond donors (Lipinski definition) is 1. The number of nitrogens with zero attached hydrogens (tertiary/aromatic N) is 1. The Morgan fingerprint density at radius 1 is 1.22 bits per heavy atom. The van der Waals surface area contributed by atoms with Gasteiger partial charge in [0.2, 0.25) is 12.7 Å². The van der Waals surface area contributed by atoms with E-state index in [9.17, 15) is 4.79 Å². The molecule has 0 unspecified atom stereocenters. The predicted molar refractivity (Wildman–Crippen MR) is 88.1 cm³/mol. The lowest BCUT2D eigenvalue weighted by molar-refractivity contribution is -0.116. The number of carbonyl (C=O) groups is 1. The quantitative estimate of drug-likeness (QED) is 0.678. The Labute approximate surface area is 136 Å². The first-order valence-corrected chi connectivity index (χ1v) is 7.85. The summed E-state index contributed by atoms with van der Waals surface area (Å²) >= 11 is 0. The SMILES string of the molecule is O=C(/C=C/c1ccc2c(c1)OCO2)NCC#CCN1CCCC1. The average molecular weight is 312 g/mol. The Morgan fingerprint density at radius 2 is 2.04 bits per heavy atom. The predicted octanol–water partition coefficient (Wildman–Crippen LogP) is 1.64. The van der Waals surface area contributed by atoms with Crippen LogP contribution in [0.5, 0.6) is 11.5 Å². The minimum Gasteiger partial charge on any atom is -0.454 e. The second kappa shape index (κ2) is 7.70. The Balaban J connectivity index is 1.41. The number of rotatable bonds is 4. The number of ether oxygens (including phenoxy) is 2. The summed E-state index contributed by atoms with van der Waals surface area (Å²) in [6.45, 7) is 3.69. The van der Waals surface area contributed by atoms with Crippen molar-refractivity contribution >= 4 is 12.0 Å². The molecule has 0 aliphatic carbocycles. The highest BCUT2D eigenvalue weighted by molar-refractivity contribution is 5.91. The molecule has 0 atom stereocenters. The molecule has 0 radical (unpaired) electrons. The fraction of sp³-hybridized carbons (Fsp3) is 0.389. The number of fused-ring (bicyclic) bond motifs is 1. The number of nitrogens with one attached hydrogen (secondary N) is 1. The number of likely N-dealkylation sites (tertiary alicyclic amines) is 1. The Kier molecular flexibility index (Phi) is 5.17. The first-order valence-electron chi connectivity index (χ1n) is 7.85. The Bertz CT molecular complexity index is 652. The summed E-state index contributed by atoms with van der Waals surface area (Å²) in [5.41, 5.74) is 0.893. The zero-order valence-electron chi connectivity index (χ0n) is 13.0. The van der Waals surface area contributed by atoms with Crippen LogP contribution in [0.3, 0.4) is 0 Å². The van der Waals surface area contributed by atoms with Crippen molar-refractivity contribution in [3.05, 3.63) is 29.8 Å². The van der Waals surface area contributed by atoms with E-state index in [4.69, 9.17) is 9.47 Å². The molecule has 0 spiro atoms. The summed E-state index contributed by atoms with van der Waals surface area (Å²) in [5, 5.41) is 2.76. The molecule has 0 saturated carbocycles. The lowest BCUT2D eigenvalue weighted by Gasteiger charge is -2.08. The number of carbonyl (C=O) groups excluding carboxylic acids is 1.